The van der Waals surface area contributed by atoms with E-state index in [1.807, 2.05) is 0 Å². The van der Waals surface area contributed by atoms with E-state index in [0.717, 1.165) is 11.7 Å². The second-order valence-electron chi connectivity index (χ2n) is 8.46. The van der Waals surface area contributed by atoms with Crippen LogP contribution in [0.2, 0.25) is 0 Å². The minimum absolute atomic E-state index is 0.102. The third-order valence-electron chi connectivity index (χ3n) is 6.97. The number of aryl methyl sites for hydroxylation is 2. The molecule has 0 radical (unpaired) electrons. The Kier molecular flexibility index (Phi) is 4.24. The van der Waals surface area contributed by atoms with E-state index in [0.29, 0.717) is 0 Å². The van der Waals surface area contributed by atoms with Crippen molar-refractivity contribution in [2.75, 3.05) is 19.6 Å². The number of hydrogen-bond acceptors (Lipinski definition) is 2. The number of para-hydroxylation sites is 1. The van der Waals surface area contributed by atoms with Crippen molar-refractivity contribution in [1.82, 2.24) is 4.90 Å². The maximum absolute atomic E-state index is 6.51. The summed E-state index contributed by atoms with van der Waals surface area (Å²) in [5.41, 5.74) is 4.70. The Balaban J connectivity index is 1.16. The number of rotatable bonds is 3. The SMILES string of the molecule is c1ccc2c(c1)CCC1(CCN(CCC3CCc4ccccc43)CC1)O2. The van der Waals surface area contributed by atoms with Gasteiger partial charge in [-0.05, 0) is 80.2 Å². The smallest absolute Gasteiger partial charge is 0.123 e. The zero-order chi connectivity index (χ0) is 17.4. The van der Waals surface area contributed by atoms with Crippen LogP contribution in [0.15, 0.2) is 48.5 Å². The highest BCUT2D eigenvalue weighted by molar-refractivity contribution is 5.36. The zero-order valence-electron chi connectivity index (χ0n) is 15.6. The summed E-state index contributed by atoms with van der Waals surface area (Å²) in [6.07, 6.45) is 8.66. The fourth-order valence-corrected chi connectivity index (χ4v) is 5.28. The summed E-state index contributed by atoms with van der Waals surface area (Å²) < 4.78 is 6.51. The largest absolute Gasteiger partial charge is 0.487 e. The van der Waals surface area contributed by atoms with E-state index in [-0.39, 0.29) is 5.60 Å². The van der Waals surface area contributed by atoms with Crippen molar-refractivity contribution in [2.45, 2.75) is 56.5 Å². The van der Waals surface area contributed by atoms with Gasteiger partial charge in [0.05, 0.1) is 0 Å². The van der Waals surface area contributed by atoms with Gasteiger partial charge < -0.3 is 9.64 Å². The average Bonchev–Trinajstić information content (AvgIpc) is 3.11. The molecule has 5 rings (SSSR count). The molecule has 2 aromatic carbocycles. The average molecular weight is 348 g/mol. The lowest BCUT2D eigenvalue weighted by molar-refractivity contribution is -0.0149. The van der Waals surface area contributed by atoms with Crippen LogP contribution in [0.4, 0.5) is 0 Å². The molecule has 0 amide bonds. The maximum atomic E-state index is 6.51. The van der Waals surface area contributed by atoms with Gasteiger partial charge in [0.25, 0.3) is 0 Å². The van der Waals surface area contributed by atoms with Gasteiger partial charge in [-0.2, -0.15) is 0 Å². The Hall–Kier alpha value is -1.80. The molecule has 26 heavy (non-hydrogen) atoms. The molecule has 2 heteroatoms. The van der Waals surface area contributed by atoms with Crippen LogP contribution >= 0.6 is 0 Å². The third kappa shape index (κ3) is 3.05. The normalized spacial score (nSPS) is 24.1. The molecule has 1 saturated heterocycles. The topological polar surface area (TPSA) is 12.5 Å². The van der Waals surface area contributed by atoms with E-state index in [1.54, 1.807) is 11.1 Å². The molecule has 3 aliphatic rings. The van der Waals surface area contributed by atoms with Crippen molar-refractivity contribution in [3.63, 3.8) is 0 Å². The highest BCUT2D eigenvalue weighted by Crippen LogP contribution is 2.40. The lowest BCUT2D eigenvalue weighted by Crippen LogP contribution is -2.49. The van der Waals surface area contributed by atoms with E-state index >= 15 is 0 Å². The Bertz CT molecular complexity index is 775. The number of hydrogen-bond donors (Lipinski definition) is 0. The highest BCUT2D eigenvalue weighted by atomic mass is 16.5. The lowest BCUT2D eigenvalue weighted by Gasteiger charge is -2.44. The van der Waals surface area contributed by atoms with Gasteiger partial charge in [0.2, 0.25) is 0 Å². The van der Waals surface area contributed by atoms with Crippen LogP contribution in [0, 0.1) is 0 Å². The van der Waals surface area contributed by atoms with Gasteiger partial charge in [0.15, 0.2) is 0 Å². The lowest BCUT2D eigenvalue weighted by atomic mass is 9.83. The first-order valence-electron chi connectivity index (χ1n) is 10.4. The summed E-state index contributed by atoms with van der Waals surface area (Å²) in [7, 11) is 0. The maximum Gasteiger partial charge on any atom is 0.123 e. The van der Waals surface area contributed by atoms with Crippen molar-refractivity contribution in [1.29, 1.82) is 0 Å². The number of fused-ring (bicyclic) bond motifs is 2. The molecule has 0 saturated carbocycles. The quantitative estimate of drug-likeness (QED) is 0.777. The van der Waals surface area contributed by atoms with E-state index in [9.17, 15) is 0 Å². The van der Waals surface area contributed by atoms with Gasteiger partial charge in [-0.25, -0.2) is 0 Å². The Morgan fingerprint density at radius 1 is 0.885 bits per heavy atom. The van der Waals surface area contributed by atoms with E-state index < -0.39 is 0 Å². The molecular weight excluding hydrogens is 318 g/mol. The van der Waals surface area contributed by atoms with E-state index in [1.165, 1.54) is 70.1 Å². The first-order valence-corrected chi connectivity index (χ1v) is 10.4. The van der Waals surface area contributed by atoms with Gasteiger partial charge in [0, 0.05) is 13.1 Å². The van der Waals surface area contributed by atoms with Crippen LogP contribution in [0.3, 0.4) is 0 Å². The predicted molar refractivity (Wildman–Crippen MR) is 106 cm³/mol. The van der Waals surface area contributed by atoms with Gasteiger partial charge in [-0.15, -0.1) is 0 Å². The van der Waals surface area contributed by atoms with Crippen LogP contribution < -0.4 is 4.74 Å². The van der Waals surface area contributed by atoms with Gasteiger partial charge >= 0.3 is 0 Å². The molecule has 2 nitrogen and oxygen atoms in total. The molecule has 1 aliphatic carbocycles. The number of nitrogens with zero attached hydrogens (tertiary/aromatic N) is 1. The van der Waals surface area contributed by atoms with Crippen molar-refractivity contribution >= 4 is 0 Å². The number of piperidine rings is 1. The van der Waals surface area contributed by atoms with Crippen molar-refractivity contribution in [3.8, 4) is 5.75 Å². The Labute approximate surface area is 157 Å². The standard InChI is InChI=1S/C24H29NO/c1-3-7-22-19(5-1)9-10-20(22)12-16-25-17-14-24(15-18-25)13-11-21-6-2-4-8-23(21)26-24/h1-8,20H,9-18H2. The third-order valence-corrected chi connectivity index (χ3v) is 6.97. The molecule has 2 heterocycles. The van der Waals surface area contributed by atoms with Gasteiger partial charge in [-0.1, -0.05) is 42.5 Å². The van der Waals surface area contributed by atoms with Crippen molar-refractivity contribution in [3.05, 3.63) is 65.2 Å². The summed E-state index contributed by atoms with van der Waals surface area (Å²) in [5, 5.41) is 0. The van der Waals surface area contributed by atoms with Crippen LogP contribution in [-0.4, -0.2) is 30.1 Å². The molecule has 0 aromatic heterocycles. The predicted octanol–water partition coefficient (Wildman–Crippen LogP) is 4.97. The highest BCUT2D eigenvalue weighted by Gasteiger charge is 2.39. The molecule has 1 atom stereocenters. The minimum atomic E-state index is 0.102. The van der Waals surface area contributed by atoms with Gasteiger partial charge in [0.1, 0.15) is 11.4 Å². The molecule has 1 unspecified atom stereocenters. The molecule has 0 N–H and O–H groups in total. The molecular formula is C24H29NO. The summed E-state index contributed by atoms with van der Waals surface area (Å²) in [4.78, 5) is 2.68. The summed E-state index contributed by atoms with van der Waals surface area (Å²) >= 11 is 0. The summed E-state index contributed by atoms with van der Waals surface area (Å²) in [5.74, 6) is 1.91. The molecule has 2 aliphatic heterocycles. The van der Waals surface area contributed by atoms with Crippen LogP contribution in [0.25, 0.3) is 0 Å². The minimum Gasteiger partial charge on any atom is -0.487 e. The van der Waals surface area contributed by atoms with Crippen LogP contribution in [-0.2, 0) is 12.8 Å². The molecule has 136 valence electrons. The van der Waals surface area contributed by atoms with E-state index in [2.05, 4.69) is 53.4 Å². The molecule has 2 aromatic rings. The fourth-order valence-electron chi connectivity index (χ4n) is 5.28. The number of benzene rings is 2. The first kappa shape index (κ1) is 16.4. The zero-order valence-corrected chi connectivity index (χ0v) is 15.6. The number of likely N-dealkylation sites (tertiary alicyclic amines) is 1. The van der Waals surface area contributed by atoms with E-state index in [4.69, 9.17) is 4.74 Å². The number of ether oxygens (including phenoxy) is 1. The van der Waals surface area contributed by atoms with Crippen LogP contribution in [0.1, 0.15) is 54.7 Å². The summed E-state index contributed by atoms with van der Waals surface area (Å²) in [6.45, 7) is 3.62. The Morgan fingerprint density at radius 3 is 2.54 bits per heavy atom. The summed E-state index contributed by atoms with van der Waals surface area (Å²) in [6, 6.07) is 17.7. The fraction of sp³-hybridized carbons (Fsp3) is 0.500. The second kappa shape index (κ2) is 6.74. The first-order chi connectivity index (χ1) is 12.8. The molecule has 1 fully saturated rings. The molecule has 1 spiro atoms. The van der Waals surface area contributed by atoms with Crippen molar-refractivity contribution in [2.24, 2.45) is 0 Å². The monoisotopic (exact) mass is 347 g/mol. The van der Waals surface area contributed by atoms with Crippen molar-refractivity contribution < 1.29 is 4.74 Å². The van der Waals surface area contributed by atoms with Crippen LogP contribution in [0.5, 0.6) is 5.75 Å². The molecule has 0 bridgehead atoms. The second-order valence-corrected chi connectivity index (χ2v) is 8.46. The Morgan fingerprint density at radius 2 is 1.65 bits per heavy atom. The van der Waals surface area contributed by atoms with Gasteiger partial charge in [-0.3, -0.25) is 0 Å².